The van der Waals surface area contributed by atoms with Gasteiger partial charge >= 0.3 is 0 Å². The Labute approximate surface area is 74.2 Å². The van der Waals surface area contributed by atoms with Crippen LogP contribution in [-0.2, 0) is 4.74 Å². The summed E-state index contributed by atoms with van der Waals surface area (Å²) in [4.78, 5) is 2.35. The van der Waals surface area contributed by atoms with Gasteiger partial charge in [-0.2, -0.15) is 0 Å². The summed E-state index contributed by atoms with van der Waals surface area (Å²) >= 11 is 0. The largest absolute Gasteiger partial charge is 0.380 e. The number of nitrogens with zero attached hydrogens (tertiary/aromatic N) is 1. The van der Waals surface area contributed by atoms with E-state index in [1.54, 1.807) is 0 Å². The molecular weight excluding hydrogens is 152 g/mol. The van der Waals surface area contributed by atoms with Crippen LogP contribution in [0, 0.1) is 0 Å². The molecule has 1 aliphatic rings. The van der Waals surface area contributed by atoms with Gasteiger partial charge in [-0.15, -0.1) is 0 Å². The summed E-state index contributed by atoms with van der Waals surface area (Å²) < 4.78 is 5.34. The SMILES string of the molecule is C=C(CN)CN1CCCOCC1. The molecule has 0 aromatic rings. The third-order valence-corrected chi connectivity index (χ3v) is 2.05. The van der Waals surface area contributed by atoms with Gasteiger partial charge in [-0.1, -0.05) is 6.58 Å². The Morgan fingerprint density at radius 2 is 2.25 bits per heavy atom. The molecular formula is C9H18N2O. The van der Waals surface area contributed by atoms with Crippen LogP contribution >= 0.6 is 0 Å². The van der Waals surface area contributed by atoms with Crippen LogP contribution in [0.5, 0.6) is 0 Å². The van der Waals surface area contributed by atoms with Gasteiger partial charge in [-0.05, 0) is 12.0 Å². The summed E-state index contributed by atoms with van der Waals surface area (Å²) in [5.74, 6) is 0. The van der Waals surface area contributed by atoms with Gasteiger partial charge in [0.05, 0.1) is 6.61 Å². The highest BCUT2D eigenvalue weighted by atomic mass is 16.5. The number of ether oxygens (including phenoxy) is 1. The molecule has 70 valence electrons. The lowest BCUT2D eigenvalue weighted by atomic mass is 10.2. The molecule has 1 saturated heterocycles. The van der Waals surface area contributed by atoms with Gasteiger partial charge in [0, 0.05) is 32.8 Å². The smallest absolute Gasteiger partial charge is 0.0593 e. The van der Waals surface area contributed by atoms with E-state index < -0.39 is 0 Å². The van der Waals surface area contributed by atoms with Gasteiger partial charge in [0.15, 0.2) is 0 Å². The van der Waals surface area contributed by atoms with E-state index in [0.717, 1.165) is 44.8 Å². The van der Waals surface area contributed by atoms with Crippen molar-refractivity contribution in [1.29, 1.82) is 0 Å². The first-order chi connectivity index (χ1) is 5.83. The van der Waals surface area contributed by atoms with E-state index in [1.807, 2.05) is 0 Å². The van der Waals surface area contributed by atoms with E-state index in [2.05, 4.69) is 11.5 Å². The molecule has 0 aromatic carbocycles. The zero-order valence-electron chi connectivity index (χ0n) is 7.59. The predicted molar refractivity (Wildman–Crippen MR) is 50.1 cm³/mol. The predicted octanol–water partition coefficient (Wildman–Crippen LogP) is 0.224. The summed E-state index contributed by atoms with van der Waals surface area (Å²) in [5, 5.41) is 0. The number of hydrogen-bond acceptors (Lipinski definition) is 3. The minimum atomic E-state index is 0.595. The number of rotatable bonds is 3. The maximum absolute atomic E-state index is 5.47. The first-order valence-corrected chi connectivity index (χ1v) is 4.49. The molecule has 0 saturated carbocycles. The Balaban J connectivity index is 2.24. The fourth-order valence-electron chi connectivity index (χ4n) is 1.34. The van der Waals surface area contributed by atoms with Crippen LogP contribution in [-0.4, -0.2) is 44.3 Å². The van der Waals surface area contributed by atoms with Gasteiger partial charge in [0.25, 0.3) is 0 Å². The fraction of sp³-hybridized carbons (Fsp3) is 0.778. The number of nitrogens with two attached hydrogens (primary N) is 1. The first-order valence-electron chi connectivity index (χ1n) is 4.49. The fourth-order valence-corrected chi connectivity index (χ4v) is 1.34. The molecule has 0 unspecified atom stereocenters. The molecule has 0 aliphatic carbocycles. The Kier molecular flexibility index (Phi) is 4.29. The van der Waals surface area contributed by atoms with E-state index in [-0.39, 0.29) is 0 Å². The molecule has 1 fully saturated rings. The molecule has 0 bridgehead atoms. The highest BCUT2D eigenvalue weighted by Crippen LogP contribution is 2.01. The molecule has 0 aromatic heterocycles. The zero-order valence-corrected chi connectivity index (χ0v) is 7.59. The minimum absolute atomic E-state index is 0.595. The third kappa shape index (κ3) is 3.34. The second kappa shape index (κ2) is 5.30. The van der Waals surface area contributed by atoms with Crippen molar-refractivity contribution < 1.29 is 4.74 Å². The Morgan fingerprint density at radius 1 is 1.42 bits per heavy atom. The quantitative estimate of drug-likeness (QED) is 0.616. The van der Waals surface area contributed by atoms with E-state index >= 15 is 0 Å². The zero-order chi connectivity index (χ0) is 8.81. The van der Waals surface area contributed by atoms with Crippen molar-refractivity contribution in [2.45, 2.75) is 6.42 Å². The van der Waals surface area contributed by atoms with E-state index in [0.29, 0.717) is 6.54 Å². The van der Waals surface area contributed by atoms with Crippen molar-refractivity contribution in [2.75, 3.05) is 39.4 Å². The lowest BCUT2D eigenvalue weighted by Crippen LogP contribution is -2.29. The monoisotopic (exact) mass is 170 g/mol. The molecule has 0 atom stereocenters. The average Bonchev–Trinajstić information content (AvgIpc) is 2.33. The van der Waals surface area contributed by atoms with Crippen molar-refractivity contribution >= 4 is 0 Å². The van der Waals surface area contributed by atoms with Gasteiger partial charge in [0.1, 0.15) is 0 Å². The van der Waals surface area contributed by atoms with Crippen molar-refractivity contribution in [1.82, 2.24) is 4.90 Å². The summed E-state index contributed by atoms with van der Waals surface area (Å²) in [5.41, 5.74) is 6.58. The van der Waals surface area contributed by atoms with Crippen LogP contribution in [0.2, 0.25) is 0 Å². The van der Waals surface area contributed by atoms with Gasteiger partial charge in [-0.3, -0.25) is 4.90 Å². The second-order valence-electron chi connectivity index (χ2n) is 3.20. The highest BCUT2D eigenvalue weighted by Gasteiger charge is 2.08. The van der Waals surface area contributed by atoms with E-state index in [1.165, 1.54) is 0 Å². The first kappa shape index (κ1) is 9.71. The van der Waals surface area contributed by atoms with Crippen LogP contribution in [0.1, 0.15) is 6.42 Å². The summed E-state index contributed by atoms with van der Waals surface area (Å²) in [7, 11) is 0. The summed E-state index contributed by atoms with van der Waals surface area (Å²) in [6, 6.07) is 0. The molecule has 0 radical (unpaired) electrons. The standard InChI is InChI=1S/C9H18N2O/c1-9(7-10)8-11-3-2-5-12-6-4-11/h1-8,10H2. The molecule has 0 spiro atoms. The number of hydrogen-bond donors (Lipinski definition) is 1. The van der Waals surface area contributed by atoms with Gasteiger partial charge < -0.3 is 10.5 Å². The second-order valence-corrected chi connectivity index (χ2v) is 3.20. The normalized spacial score (nSPS) is 20.4. The van der Waals surface area contributed by atoms with Crippen LogP contribution in [0.4, 0.5) is 0 Å². The van der Waals surface area contributed by atoms with Crippen LogP contribution in [0.25, 0.3) is 0 Å². The molecule has 1 aliphatic heterocycles. The van der Waals surface area contributed by atoms with Crippen molar-refractivity contribution in [2.24, 2.45) is 5.73 Å². The lowest BCUT2D eigenvalue weighted by molar-refractivity contribution is 0.142. The van der Waals surface area contributed by atoms with Gasteiger partial charge in [-0.25, -0.2) is 0 Å². The maximum Gasteiger partial charge on any atom is 0.0593 e. The Bertz CT molecular complexity index is 139. The molecule has 3 nitrogen and oxygen atoms in total. The molecule has 1 rings (SSSR count). The molecule has 0 amide bonds. The molecule has 12 heavy (non-hydrogen) atoms. The lowest BCUT2D eigenvalue weighted by Gasteiger charge is -2.19. The molecule has 3 heteroatoms. The van der Waals surface area contributed by atoms with Crippen LogP contribution in [0.15, 0.2) is 12.2 Å². The Morgan fingerprint density at radius 3 is 3.00 bits per heavy atom. The highest BCUT2D eigenvalue weighted by molar-refractivity contribution is 4.98. The van der Waals surface area contributed by atoms with Crippen molar-refractivity contribution in [3.63, 3.8) is 0 Å². The van der Waals surface area contributed by atoms with Crippen molar-refractivity contribution in [3.05, 3.63) is 12.2 Å². The minimum Gasteiger partial charge on any atom is -0.380 e. The van der Waals surface area contributed by atoms with Crippen LogP contribution in [0.3, 0.4) is 0 Å². The average molecular weight is 170 g/mol. The maximum atomic E-state index is 5.47. The summed E-state index contributed by atoms with van der Waals surface area (Å²) in [6.07, 6.45) is 1.12. The third-order valence-electron chi connectivity index (χ3n) is 2.05. The van der Waals surface area contributed by atoms with Gasteiger partial charge in [0.2, 0.25) is 0 Å². The Hall–Kier alpha value is -0.380. The summed E-state index contributed by atoms with van der Waals surface area (Å²) in [6.45, 7) is 9.28. The topological polar surface area (TPSA) is 38.5 Å². The molecule has 1 heterocycles. The van der Waals surface area contributed by atoms with E-state index in [9.17, 15) is 0 Å². The van der Waals surface area contributed by atoms with Crippen LogP contribution < -0.4 is 5.73 Å². The van der Waals surface area contributed by atoms with Crippen molar-refractivity contribution in [3.8, 4) is 0 Å². The molecule has 2 N–H and O–H groups in total. The van der Waals surface area contributed by atoms with E-state index in [4.69, 9.17) is 10.5 Å².